The molecule has 0 bridgehead atoms. The van der Waals surface area contributed by atoms with Crippen LogP contribution in [0.4, 0.5) is 25.8 Å². The van der Waals surface area contributed by atoms with Crippen LogP contribution in [0.2, 0.25) is 0 Å². The van der Waals surface area contributed by atoms with Crippen molar-refractivity contribution in [1.82, 2.24) is 0 Å². The van der Waals surface area contributed by atoms with Gasteiger partial charge in [-0.1, -0.05) is 6.07 Å². The van der Waals surface area contributed by atoms with Crippen molar-refractivity contribution in [1.29, 1.82) is 0 Å². The van der Waals surface area contributed by atoms with Crippen molar-refractivity contribution in [2.75, 3.05) is 37.1 Å². The number of carbonyl (C=O) groups excluding carboxylic acids is 3. The summed E-state index contributed by atoms with van der Waals surface area (Å²) in [6, 6.07) is 4.89. The Morgan fingerprint density at radius 2 is 1.71 bits per heavy atom. The minimum atomic E-state index is -1.31. The number of amides is 2. The molecule has 12 nitrogen and oxygen atoms in total. The Kier molecular flexibility index (Phi) is 7.30. The zero-order valence-corrected chi connectivity index (χ0v) is 16.4. The first-order valence-electron chi connectivity index (χ1n) is 9.07. The largest absolute Gasteiger partial charge is 0.514 e. The van der Waals surface area contributed by atoms with Gasteiger partial charge < -0.3 is 33.5 Å². The fourth-order valence-electron chi connectivity index (χ4n) is 2.47. The van der Waals surface area contributed by atoms with Gasteiger partial charge in [0, 0.05) is 11.4 Å². The van der Waals surface area contributed by atoms with Crippen molar-refractivity contribution in [3.8, 4) is 0 Å². The van der Waals surface area contributed by atoms with Gasteiger partial charge in [-0.15, -0.1) is 0 Å². The third-order valence-electron chi connectivity index (χ3n) is 4.03. The first-order valence-corrected chi connectivity index (χ1v) is 9.07. The van der Waals surface area contributed by atoms with Gasteiger partial charge in [-0.05, 0) is 36.8 Å². The molecule has 0 radical (unpaired) electrons. The van der Waals surface area contributed by atoms with E-state index in [9.17, 15) is 14.4 Å². The zero-order chi connectivity index (χ0) is 22.2. The minimum Gasteiger partial charge on any atom is -0.445 e. The molecule has 0 saturated carbocycles. The standard InChI is InChI=1S/C19H20N2O10/c1-11-14(20-16(22)26-7-5-12-9-28-18(24)30-12)3-2-4-15(11)21-17(23)27-8-6-13-10-29-19(25)31-13/h2-6,18,24H,7-10H2,1H3,(H,20,22)(H,21,23)/b12-5-,13-6-. The van der Waals surface area contributed by atoms with Crippen LogP contribution in [-0.2, 0) is 28.4 Å². The van der Waals surface area contributed by atoms with Crippen molar-refractivity contribution >= 4 is 29.7 Å². The Hall–Kier alpha value is -3.77. The number of nitrogens with one attached hydrogen (secondary N) is 2. The van der Waals surface area contributed by atoms with E-state index in [2.05, 4.69) is 15.4 Å². The normalized spacial score (nSPS) is 20.1. The summed E-state index contributed by atoms with van der Waals surface area (Å²) in [6.45, 7) is 0.252. The van der Waals surface area contributed by atoms with Crippen LogP contribution in [0.25, 0.3) is 0 Å². The van der Waals surface area contributed by atoms with E-state index in [1.165, 1.54) is 12.2 Å². The summed E-state index contributed by atoms with van der Waals surface area (Å²) in [6.07, 6.45) is 0.608. The SMILES string of the molecule is Cc1c(NC(=O)OC/C=C2/COC(=O)O2)cccc1NC(=O)OC/C=C1/COC(O)O1. The topological polar surface area (TPSA) is 151 Å². The smallest absolute Gasteiger partial charge is 0.445 e. The molecule has 0 spiro atoms. The van der Waals surface area contributed by atoms with Gasteiger partial charge >= 0.3 is 24.8 Å². The van der Waals surface area contributed by atoms with E-state index < -0.39 is 24.8 Å². The Labute approximate surface area is 176 Å². The molecule has 0 aliphatic carbocycles. The molecular weight excluding hydrogens is 416 g/mol. The Bertz CT molecular complexity index is 911. The van der Waals surface area contributed by atoms with Crippen molar-refractivity contribution in [3.05, 3.63) is 47.4 Å². The highest BCUT2D eigenvalue weighted by atomic mass is 16.8. The maximum Gasteiger partial charge on any atom is 0.514 e. The molecule has 3 N–H and O–H groups in total. The number of rotatable bonds is 6. The monoisotopic (exact) mass is 436 g/mol. The lowest BCUT2D eigenvalue weighted by atomic mass is 10.1. The van der Waals surface area contributed by atoms with Crippen molar-refractivity contribution < 1.29 is 47.9 Å². The maximum atomic E-state index is 12.0. The Morgan fingerprint density at radius 3 is 2.23 bits per heavy atom. The average molecular weight is 436 g/mol. The second-order valence-electron chi connectivity index (χ2n) is 6.14. The highest BCUT2D eigenvalue weighted by Crippen LogP contribution is 2.24. The average Bonchev–Trinajstić information content (AvgIpc) is 3.33. The summed E-state index contributed by atoms with van der Waals surface area (Å²) in [5.74, 6) is 0.619. The molecule has 2 aliphatic rings. The minimum absolute atomic E-state index is 0.00735. The van der Waals surface area contributed by atoms with Crippen LogP contribution >= 0.6 is 0 Å². The van der Waals surface area contributed by atoms with Gasteiger partial charge in [0.25, 0.3) is 0 Å². The van der Waals surface area contributed by atoms with Gasteiger partial charge in [0.15, 0.2) is 6.61 Å². The van der Waals surface area contributed by atoms with Crippen LogP contribution in [0, 0.1) is 6.92 Å². The molecule has 1 aromatic carbocycles. The first-order chi connectivity index (χ1) is 14.9. The summed E-state index contributed by atoms with van der Waals surface area (Å²) in [7, 11) is 0. The molecule has 2 fully saturated rings. The lowest BCUT2D eigenvalue weighted by Crippen LogP contribution is -2.17. The number of benzene rings is 1. The van der Waals surface area contributed by atoms with Crippen LogP contribution in [0.5, 0.6) is 0 Å². The molecule has 2 aliphatic heterocycles. The molecule has 31 heavy (non-hydrogen) atoms. The van der Waals surface area contributed by atoms with Crippen LogP contribution in [0.1, 0.15) is 5.56 Å². The van der Waals surface area contributed by atoms with Gasteiger partial charge in [-0.3, -0.25) is 10.6 Å². The number of cyclic esters (lactones) is 2. The number of hydrogen-bond donors (Lipinski definition) is 3. The molecule has 2 saturated heterocycles. The van der Waals surface area contributed by atoms with E-state index in [1.54, 1.807) is 25.1 Å². The molecule has 0 aromatic heterocycles. The maximum absolute atomic E-state index is 12.0. The third kappa shape index (κ3) is 6.62. The highest BCUT2D eigenvalue weighted by molar-refractivity contribution is 5.91. The quantitative estimate of drug-likeness (QED) is 0.448. The van der Waals surface area contributed by atoms with E-state index in [1.807, 2.05) is 0 Å². The number of carbonyl (C=O) groups is 3. The number of aliphatic hydroxyl groups is 1. The molecule has 2 amide bonds. The molecule has 2 heterocycles. The summed E-state index contributed by atoms with van der Waals surface area (Å²) >= 11 is 0. The second kappa shape index (κ2) is 10.3. The molecule has 1 atom stereocenters. The van der Waals surface area contributed by atoms with Crippen LogP contribution in [0.15, 0.2) is 41.9 Å². The van der Waals surface area contributed by atoms with Gasteiger partial charge in [0.05, 0.1) is 0 Å². The zero-order valence-electron chi connectivity index (χ0n) is 16.4. The van der Waals surface area contributed by atoms with Crippen LogP contribution in [-0.4, -0.2) is 56.4 Å². The van der Waals surface area contributed by atoms with Crippen molar-refractivity contribution in [2.45, 2.75) is 13.4 Å². The molecule has 3 rings (SSSR count). The summed E-state index contributed by atoms with van der Waals surface area (Å²) in [4.78, 5) is 34.7. The third-order valence-corrected chi connectivity index (χ3v) is 4.03. The Morgan fingerprint density at radius 1 is 1.10 bits per heavy atom. The summed E-state index contributed by atoms with van der Waals surface area (Å²) in [5.41, 5.74) is 1.41. The molecular formula is C19H20N2O10. The highest BCUT2D eigenvalue weighted by Gasteiger charge is 2.19. The lowest BCUT2D eigenvalue weighted by molar-refractivity contribution is -0.188. The molecule has 12 heteroatoms. The fourth-order valence-corrected chi connectivity index (χ4v) is 2.47. The van der Waals surface area contributed by atoms with Crippen LogP contribution < -0.4 is 10.6 Å². The summed E-state index contributed by atoms with van der Waals surface area (Å²) < 4.78 is 29.0. The van der Waals surface area contributed by atoms with Gasteiger partial charge in [-0.25, -0.2) is 14.4 Å². The molecule has 166 valence electrons. The van der Waals surface area contributed by atoms with Gasteiger partial charge in [-0.2, -0.15) is 0 Å². The van der Waals surface area contributed by atoms with Gasteiger partial charge in [0.2, 0.25) is 0 Å². The predicted molar refractivity (Wildman–Crippen MR) is 103 cm³/mol. The van der Waals surface area contributed by atoms with Crippen molar-refractivity contribution in [3.63, 3.8) is 0 Å². The summed E-state index contributed by atoms with van der Waals surface area (Å²) in [5, 5.41) is 14.2. The molecule has 1 unspecified atom stereocenters. The van der Waals surface area contributed by atoms with E-state index in [-0.39, 0.29) is 32.2 Å². The van der Waals surface area contributed by atoms with Crippen molar-refractivity contribution in [2.24, 2.45) is 0 Å². The van der Waals surface area contributed by atoms with E-state index in [0.29, 0.717) is 22.7 Å². The first kappa shape index (κ1) is 21.9. The fraction of sp³-hybridized carbons (Fsp3) is 0.316. The number of ether oxygens (including phenoxy) is 6. The van der Waals surface area contributed by atoms with E-state index >= 15 is 0 Å². The van der Waals surface area contributed by atoms with Crippen LogP contribution in [0.3, 0.4) is 0 Å². The van der Waals surface area contributed by atoms with E-state index in [4.69, 9.17) is 28.8 Å². The Balaban J connectivity index is 1.46. The molecule has 1 aromatic rings. The predicted octanol–water partition coefficient (Wildman–Crippen LogP) is 2.35. The number of anilines is 2. The number of hydrogen-bond acceptors (Lipinski definition) is 10. The van der Waals surface area contributed by atoms with E-state index in [0.717, 1.165) is 0 Å². The number of aliphatic hydroxyl groups excluding tert-OH is 1. The lowest BCUT2D eigenvalue weighted by Gasteiger charge is -2.13. The van der Waals surface area contributed by atoms with Gasteiger partial charge in [0.1, 0.15) is 31.3 Å². The second-order valence-corrected chi connectivity index (χ2v) is 6.14.